The molecule has 1 aromatic carbocycles. The molecule has 0 heterocycles. The van der Waals surface area contributed by atoms with Crippen molar-refractivity contribution in [2.45, 2.75) is 0 Å². The van der Waals surface area contributed by atoms with Gasteiger partial charge in [-0.1, -0.05) is 6.07 Å². The predicted molar refractivity (Wildman–Crippen MR) is 48.7 cm³/mol. The first kappa shape index (κ1) is 8.84. The highest BCUT2D eigenvalue weighted by molar-refractivity contribution is 7.80. The summed E-state index contributed by atoms with van der Waals surface area (Å²) in [7, 11) is 0. The van der Waals surface area contributed by atoms with Gasteiger partial charge in [-0.15, -0.1) is 12.6 Å². The normalized spacial score (nSPS) is 8.75. The van der Waals surface area contributed by atoms with Gasteiger partial charge in [0.05, 0.1) is 5.69 Å². The number of carbonyl (C=O) groups excluding carboxylic acids is 1. The number of hydrogen-bond acceptors (Lipinski definition) is 4. The smallest absolute Gasteiger partial charge is 0.240 e. The number of thiol groups is 1. The van der Waals surface area contributed by atoms with E-state index in [-0.39, 0.29) is 0 Å². The summed E-state index contributed by atoms with van der Waals surface area (Å²) in [5.41, 5.74) is 0.532. The van der Waals surface area contributed by atoms with E-state index >= 15 is 0 Å². The van der Waals surface area contributed by atoms with Crippen LogP contribution in [-0.4, -0.2) is 12.0 Å². The molecule has 0 N–H and O–H groups in total. The first-order valence-electron chi connectivity index (χ1n) is 3.28. The minimum atomic E-state index is 0.300. The van der Waals surface area contributed by atoms with E-state index in [0.717, 1.165) is 0 Å². The summed E-state index contributed by atoms with van der Waals surface area (Å²) in [5, 5.41) is 0. The highest BCUT2D eigenvalue weighted by Gasteiger charge is 1.93. The van der Waals surface area contributed by atoms with Crippen LogP contribution in [0.4, 0.5) is 5.69 Å². The molecule has 0 unspecified atom stereocenters. The van der Waals surface area contributed by atoms with Gasteiger partial charge in [0.2, 0.25) is 6.08 Å². The zero-order chi connectivity index (χ0) is 8.81. The largest absolute Gasteiger partial charge is 0.483 e. The van der Waals surface area contributed by atoms with Crippen LogP contribution in [0.1, 0.15) is 0 Å². The lowest BCUT2D eigenvalue weighted by atomic mass is 10.3. The van der Waals surface area contributed by atoms with Gasteiger partial charge in [0, 0.05) is 6.07 Å². The van der Waals surface area contributed by atoms with Crippen molar-refractivity contribution in [2.24, 2.45) is 4.99 Å². The highest BCUT2D eigenvalue weighted by atomic mass is 32.1. The summed E-state index contributed by atoms with van der Waals surface area (Å²) in [6, 6.07) is 6.84. The average molecular weight is 181 g/mol. The van der Waals surface area contributed by atoms with E-state index < -0.39 is 0 Å². The van der Waals surface area contributed by atoms with Crippen LogP contribution in [0.15, 0.2) is 29.3 Å². The number of nitrogens with zero attached hydrogens (tertiary/aromatic N) is 1. The van der Waals surface area contributed by atoms with E-state index in [1.807, 2.05) is 0 Å². The second kappa shape index (κ2) is 4.59. The molecular weight excluding hydrogens is 174 g/mol. The van der Waals surface area contributed by atoms with Gasteiger partial charge in [-0.05, 0) is 12.1 Å². The second-order valence-electron chi connectivity index (χ2n) is 1.97. The lowest BCUT2D eigenvalue weighted by Gasteiger charge is -2.00. The van der Waals surface area contributed by atoms with Gasteiger partial charge in [-0.2, -0.15) is 4.99 Å². The van der Waals surface area contributed by atoms with Crippen molar-refractivity contribution >= 4 is 24.4 Å². The van der Waals surface area contributed by atoms with Crippen molar-refractivity contribution in [3.63, 3.8) is 0 Å². The Labute approximate surface area is 75.5 Å². The predicted octanol–water partition coefficient (Wildman–Crippen LogP) is 1.92. The summed E-state index contributed by atoms with van der Waals surface area (Å²) >= 11 is 3.89. The third-order valence-electron chi connectivity index (χ3n) is 1.22. The molecule has 62 valence electrons. The Morgan fingerprint density at radius 2 is 2.42 bits per heavy atom. The van der Waals surface area contributed by atoms with E-state index in [2.05, 4.69) is 17.6 Å². The molecule has 0 atom stereocenters. The van der Waals surface area contributed by atoms with E-state index in [9.17, 15) is 4.79 Å². The molecule has 0 amide bonds. The van der Waals surface area contributed by atoms with Crippen LogP contribution in [-0.2, 0) is 4.79 Å². The Morgan fingerprint density at radius 3 is 3.08 bits per heavy atom. The van der Waals surface area contributed by atoms with Crippen LogP contribution in [0, 0.1) is 0 Å². The van der Waals surface area contributed by atoms with Crippen LogP contribution in [0.2, 0.25) is 0 Å². The second-order valence-corrected chi connectivity index (χ2v) is 2.23. The van der Waals surface area contributed by atoms with E-state index in [1.54, 1.807) is 24.3 Å². The monoisotopic (exact) mass is 181 g/mol. The first-order valence-corrected chi connectivity index (χ1v) is 3.91. The summed E-state index contributed by atoms with van der Waals surface area (Å²) in [6.45, 7) is 0. The summed E-state index contributed by atoms with van der Waals surface area (Å²) in [5.74, 6) is 0.940. The Kier molecular flexibility index (Phi) is 3.38. The van der Waals surface area contributed by atoms with Gasteiger partial charge in [-0.25, -0.2) is 4.79 Å². The van der Waals surface area contributed by atoms with Crippen molar-refractivity contribution in [1.82, 2.24) is 0 Å². The maximum absolute atomic E-state index is 9.90. The van der Waals surface area contributed by atoms with Gasteiger partial charge in [0.15, 0.2) is 0 Å². The Balaban J connectivity index is 2.87. The SMILES string of the molecule is O=C=Nc1cccc(OCS)c1. The van der Waals surface area contributed by atoms with Gasteiger partial charge < -0.3 is 4.74 Å². The fourth-order valence-corrected chi connectivity index (χ4v) is 0.919. The molecule has 0 saturated heterocycles. The Morgan fingerprint density at radius 1 is 1.58 bits per heavy atom. The highest BCUT2D eigenvalue weighted by Crippen LogP contribution is 2.19. The summed E-state index contributed by atoms with van der Waals surface area (Å²) in [4.78, 5) is 13.3. The number of benzene rings is 1. The zero-order valence-electron chi connectivity index (χ0n) is 6.23. The minimum absolute atomic E-state index is 0.300. The molecule has 3 nitrogen and oxygen atoms in total. The van der Waals surface area contributed by atoms with Crippen molar-refractivity contribution in [2.75, 3.05) is 5.94 Å². The number of aliphatic imine (C=N–C) groups is 1. The molecule has 4 heteroatoms. The van der Waals surface area contributed by atoms with Crippen LogP contribution < -0.4 is 4.74 Å². The zero-order valence-corrected chi connectivity index (χ0v) is 7.12. The number of isocyanates is 1. The van der Waals surface area contributed by atoms with Crippen LogP contribution in [0.3, 0.4) is 0 Å². The van der Waals surface area contributed by atoms with E-state index in [0.29, 0.717) is 17.4 Å². The number of rotatable bonds is 3. The average Bonchev–Trinajstić information content (AvgIpc) is 2.06. The van der Waals surface area contributed by atoms with E-state index in [4.69, 9.17) is 4.74 Å². The first-order chi connectivity index (χ1) is 5.86. The van der Waals surface area contributed by atoms with Gasteiger partial charge in [-0.3, -0.25) is 0 Å². The number of hydrogen-bond donors (Lipinski definition) is 1. The molecule has 1 rings (SSSR count). The molecule has 12 heavy (non-hydrogen) atoms. The number of ether oxygens (including phenoxy) is 1. The van der Waals surface area contributed by atoms with Crippen molar-refractivity contribution in [1.29, 1.82) is 0 Å². The fraction of sp³-hybridized carbons (Fsp3) is 0.125. The van der Waals surface area contributed by atoms with Crippen molar-refractivity contribution in [3.05, 3.63) is 24.3 Å². The fourth-order valence-electron chi connectivity index (χ4n) is 0.770. The Bertz CT molecular complexity index is 308. The standard InChI is InChI=1S/C8H7NO2S/c10-5-9-7-2-1-3-8(4-7)11-6-12/h1-4,12H,6H2. The van der Waals surface area contributed by atoms with Crippen LogP contribution in [0.5, 0.6) is 5.75 Å². The van der Waals surface area contributed by atoms with Gasteiger partial charge in [0.25, 0.3) is 0 Å². The summed E-state index contributed by atoms with van der Waals surface area (Å²) < 4.78 is 5.07. The van der Waals surface area contributed by atoms with Gasteiger partial charge >= 0.3 is 0 Å². The molecule has 0 radical (unpaired) electrons. The van der Waals surface area contributed by atoms with Gasteiger partial charge in [0.1, 0.15) is 11.7 Å². The lowest BCUT2D eigenvalue weighted by Crippen LogP contribution is -1.87. The molecule has 0 aromatic heterocycles. The lowest BCUT2D eigenvalue weighted by molar-refractivity contribution is 0.395. The topological polar surface area (TPSA) is 38.7 Å². The van der Waals surface area contributed by atoms with Crippen molar-refractivity contribution in [3.8, 4) is 5.75 Å². The molecule has 0 bridgehead atoms. The third kappa shape index (κ3) is 2.42. The third-order valence-corrected chi connectivity index (χ3v) is 1.35. The molecule has 1 aromatic rings. The van der Waals surface area contributed by atoms with Crippen LogP contribution in [0.25, 0.3) is 0 Å². The molecule has 0 aliphatic heterocycles. The van der Waals surface area contributed by atoms with E-state index in [1.165, 1.54) is 6.08 Å². The summed E-state index contributed by atoms with van der Waals surface area (Å²) in [6.07, 6.45) is 1.45. The molecule has 0 spiro atoms. The maximum Gasteiger partial charge on any atom is 0.240 e. The quantitative estimate of drug-likeness (QED) is 0.335. The van der Waals surface area contributed by atoms with Crippen LogP contribution >= 0.6 is 12.6 Å². The van der Waals surface area contributed by atoms with Crippen molar-refractivity contribution < 1.29 is 9.53 Å². The molecule has 0 fully saturated rings. The molecule has 0 saturated carbocycles. The molecule has 0 aliphatic rings. The Hall–Kier alpha value is -1.25. The molecular formula is C8H7NO2S. The molecule has 0 aliphatic carbocycles. The maximum atomic E-state index is 9.90. The minimum Gasteiger partial charge on any atom is -0.483 e.